The first-order chi connectivity index (χ1) is 13.8. The lowest BCUT2D eigenvalue weighted by Gasteiger charge is -2.09. The van der Waals surface area contributed by atoms with E-state index >= 15 is 0 Å². The summed E-state index contributed by atoms with van der Waals surface area (Å²) in [5.74, 6) is -0.146. The van der Waals surface area contributed by atoms with Crippen molar-refractivity contribution >= 4 is 33.4 Å². The molecule has 1 aromatic heterocycles. The van der Waals surface area contributed by atoms with Gasteiger partial charge in [0, 0.05) is 22.3 Å². The topological polar surface area (TPSA) is 46.9 Å². The Morgan fingerprint density at radius 3 is 2.50 bits per heavy atom. The molecule has 0 aliphatic carbocycles. The van der Waals surface area contributed by atoms with Crippen LogP contribution >= 0.6 is 0 Å². The van der Waals surface area contributed by atoms with E-state index in [1.807, 2.05) is 95.6 Å². The van der Waals surface area contributed by atoms with E-state index in [4.69, 9.17) is 0 Å². The molecule has 0 unspecified atom stereocenters. The van der Waals surface area contributed by atoms with Crippen LogP contribution < -0.4 is 5.32 Å². The molecular formula is C24H17N3O. The van der Waals surface area contributed by atoms with Crippen molar-refractivity contribution in [3.8, 4) is 5.69 Å². The molecule has 0 aliphatic rings. The van der Waals surface area contributed by atoms with Gasteiger partial charge in [-0.2, -0.15) is 0 Å². The van der Waals surface area contributed by atoms with Crippen molar-refractivity contribution in [3.05, 3.63) is 103 Å². The molecule has 4 aromatic carbocycles. The first-order valence-corrected chi connectivity index (χ1v) is 9.11. The van der Waals surface area contributed by atoms with Crippen molar-refractivity contribution < 1.29 is 4.79 Å². The van der Waals surface area contributed by atoms with Gasteiger partial charge in [0.25, 0.3) is 5.91 Å². The predicted octanol–water partition coefficient (Wildman–Crippen LogP) is 5.43. The molecule has 134 valence electrons. The normalized spacial score (nSPS) is 11.0. The summed E-state index contributed by atoms with van der Waals surface area (Å²) in [5, 5.41) is 5.15. The minimum Gasteiger partial charge on any atom is -0.321 e. The third-order valence-corrected chi connectivity index (χ3v) is 4.88. The Labute approximate surface area is 162 Å². The van der Waals surface area contributed by atoms with E-state index in [1.165, 1.54) is 0 Å². The number of amides is 1. The Kier molecular flexibility index (Phi) is 3.87. The van der Waals surface area contributed by atoms with Crippen molar-refractivity contribution in [3.63, 3.8) is 0 Å². The Morgan fingerprint density at radius 1 is 0.821 bits per heavy atom. The molecule has 0 atom stereocenters. The lowest BCUT2D eigenvalue weighted by Crippen LogP contribution is -2.12. The van der Waals surface area contributed by atoms with Crippen molar-refractivity contribution in [1.82, 2.24) is 9.55 Å². The van der Waals surface area contributed by atoms with Crippen LogP contribution in [0.4, 0.5) is 5.69 Å². The van der Waals surface area contributed by atoms with E-state index in [9.17, 15) is 4.79 Å². The molecule has 5 rings (SSSR count). The minimum absolute atomic E-state index is 0.146. The number of carbonyl (C=O) groups excluding carboxylic acids is 1. The fourth-order valence-electron chi connectivity index (χ4n) is 3.48. The van der Waals surface area contributed by atoms with Crippen molar-refractivity contribution in [2.75, 3.05) is 5.32 Å². The molecule has 28 heavy (non-hydrogen) atoms. The zero-order chi connectivity index (χ0) is 18.9. The van der Waals surface area contributed by atoms with Gasteiger partial charge < -0.3 is 5.32 Å². The van der Waals surface area contributed by atoms with Gasteiger partial charge in [-0.05, 0) is 41.8 Å². The van der Waals surface area contributed by atoms with Crippen LogP contribution in [0, 0.1) is 0 Å². The maximum Gasteiger partial charge on any atom is 0.255 e. The zero-order valence-electron chi connectivity index (χ0n) is 15.0. The maximum atomic E-state index is 12.8. The second-order valence-corrected chi connectivity index (χ2v) is 6.63. The number of hydrogen-bond acceptors (Lipinski definition) is 2. The lowest BCUT2D eigenvalue weighted by molar-refractivity contribution is 0.102. The SMILES string of the molecule is O=C(Nc1cccc2ccccc12)c1ccc2c(c1)ncn2-c1ccccc1. The first-order valence-electron chi connectivity index (χ1n) is 9.11. The zero-order valence-corrected chi connectivity index (χ0v) is 15.0. The quantitative estimate of drug-likeness (QED) is 0.464. The number of nitrogens with zero attached hydrogens (tertiary/aromatic N) is 2. The summed E-state index contributed by atoms with van der Waals surface area (Å²) in [4.78, 5) is 17.3. The van der Waals surface area contributed by atoms with Crippen molar-refractivity contribution in [2.24, 2.45) is 0 Å². The van der Waals surface area contributed by atoms with Crippen LogP contribution in [0.3, 0.4) is 0 Å². The molecule has 0 bridgehead atoms. The van der Waals surface area contributed by atoms with E-state index < -0.39 is 0 Å². The third-order valence-electron chi connectivity index (χ3n) is 4.88. The molecule has 0 aliphatic heterocycles. The molecule has 0 radical (unpaired) electrons. The summed E-state index contributed by atoms with van der Waals surface area (Å²) in [5.41, 5.74) is 4.18. The summed E-state index contributed by atoms with van der Waals surface area (Å²) in [6.45, 7) is 0. The number of hydrogen-bond donors (Lipinski definition) is 1. The van der Waals surface area contributed by atoms with E-state index in [2.05, 4.69) is 10.3 Å². The molecular weight excluding hydrogens is 346 g/mol. The fourth-order valence-corrected chi connectivity index (χ4v) is 3.48. The first kappa shape index (κ1) is 16.3. The number of anilines is 1. The smallest absolute Gasteiger partial charge is 0.255 e. The second kappa shape index (κ2) is 6.67. The fraction of sp³-hybridized carbons (Fsp3) is 0. The molecule has 0 saturated heterocycles. The molecule has 1 amide bonds. The van der Waals surface area contributed by atoms with Crippen LogP contribution in [0.1, 0.15) is 10.4 Å². The summed E-state index contributed by atoms with van der Waals surface area (Å²) >= 11 is 0. The molecule has 4 nitrogen and oxygen atoms in total. The van der Waals surface area contributed by atoms with Crippen LogP contribution in [-0.2, 0) is 0 Å². The second-order valence-electron chi connectivity index (χ2n) is 6.63. The van der Waals surface area contributed by atoms with Crippen molar-refractivity contribution in [1.29, 1.82) is 0 Å². The highest BCUT2D eigenvalue weighted by molar-refractivity contribution is 6.10. The van der Waals surface area contributed by atoms with E-state index in [-0.39, 0.29) is 5.91 Å². The van der Waals surface area contributed by atoms with Crippen LogP contribution in [0.25, 0.3) is 27.5 Å². The molecule has 0 saturated carbocycles. The number of fused-ring (bicyclic) bond motifs is 2. The van der Waals surface area contributed by atoms with Gasteiger partial charge in [0.1, 0.15) is 6.33 Å². The molecule has 1 N–H and O–H groups in total. The van der Waals surface area contributed by atoms with E-state index in [0.29, 0.717) is 5.56 Å². The van der Waals surface area contributed by atoms with Crippen LogP contribution in [0.15, 0.2) is 97.3 Å². The van der Waals surface area contributed by atoms with Crippen LogP contribution in [-0.4, -0.2) is 15.5 Å². The monoisotopic (exact) mass is 363 g/mol. The molecule has 5 aromatic rings. The summed E-state index contributed by atoms with van der Waals surface area (Å²) in [6.07, 6.45) is 1.78. The van der Waals surface area contributed by atoms with Crippen LogP contribution in [0.2, 0.25) is 0 Å². The largest absolute Gasteiger partial charge is 0.321 e. The Balaban J connectivity index is 1.48. The molecule has 4 heteroatoms. The summed E-state index contributed by atoms with van der Waals surface area (Å²) < 4.78 is 2.02. The van der Waals surface area contributed by atoms with Gasteiger partial charge in [-0.15, -0.1) is 0 Å². The van der Waals surface area contributed by atoms with E-state index in [1.54, 1.807) is 6.33 Å². The highest BCUT2D eigenvalue weighted by Crippen LogP contribution is 2.24. The maximum absolute atomic E-state index is 12.8. The van der Waals surface area contributed by atoms with Gasteiger partial charge in [0.2, 0.25) is 0 Å². The number of carbonyl (C=O) groups is 1. The average Bonchev–Trinajstić information content (AvgIpc) is 3.18. The highest BCUT2D eigenvalue weighted by atomic mass is 16.1. The summed E-state index contributed by atoms with van der Waals surface area (Å²) in [6, 6.07) is 29.5. The Morgan fingerprint density at radius 2 is 1.61 bits per heavy atom. The van der Waals surface area contributed by atoms with Gasteiger partial charge in [-0.1, -0.05) is 54.6 Å². The lowest BCUT2D eigenvalue weighted by atomic mass is 10.1. The minimum atomic E-state index is -0.146. The molecule has 0 fully saturated rings. The number of benzene rings is 4. The van der Waals surface area contributed by atoms with Gasteiger partial charge >= 0.3 is 0 Å². The number of nitrogens with one attached hydrogen (secondary N) is 1. The predicted molar refractivity (Wildman–Crippen MR) is 113 cm³/mol. The van der Waals surface area contributed by atoms with Gasteiger partial charge in [0.05, 0.1) is 11.0 Å². The number of para-hydroxylation sites is 1. The van der Waals surface area contributed by atoms with Crippen LogP contribution in [0.5, 0.6) is 0 Å². The molecule has 0 spiro atoms. The third kappa shape index (κ3) is 2.81. The Bertz CT molecular complexity index is 1300. The Hall–Kier alpha value is -3.92. The van der Waals surface area contributed by atoms with E-state index in [0.717, 1.165) is 33.2 Å². The van der Waals surface area contributed by atoms with Gasteiger partial charge in [-0.3, -0.25) is 9.36 Å². The number of imidazole rings is 1. The van der Waals surface area contributed by atoms with Gasteiger partial charge in [0.15, 0.2) is 0 Å². The highest BCUT2D eigenvalue weighted by Gasteiger charge is 2.11. The summed E-state index contributed by atoms with van der Waals surface area (Å²) in [7, 11) is 0. The standard InChI is InChI=1S/C24H17N3O/c28-24(26-21-12-6-8-17-7-4-5-11-20(17)21)18-13-14-23-22(15-18)25-16-27(23)19-9-2-1-3-10-19/h1-16H,(H,26,28). The average molecular weight is 363 g/mol. The number of aromatic nitrogens is 2. The molecule has 1 heterocycles. The number of rotatable bonds is 3. The van der Waals surface area contributed by atoms with Crippen molar-refractivity contribution in [2.45, 2.75) is 0 Å². The van der Waals surface area contributed by atoms with Gasteiger partial charge in [-0.25, -0.2) is 4.98 Å².